The molecule has 0 aromatic heterocycles. The minimum atomic E-state index is -3.23. The van der Waals surface area contributed by atoms with Crippen molar-refractivity contribution in [2.75, 3.05) is 6.26 Å². The summed E-state index contributed by atoms with van der Waals surface area (Å²) in [5, 5.41) is 8.75. The topological polar surface area (TPSA) is 80.7 Å². The van der Waals surface area contributed by atoms with E-state index in [-0.39, 0.29) is 23.7 Å². The number of ether oxygens (including phenoxy) is 1. The van der Waals surface area contributed by atoms with Gasteiger partial charge >= 0.3 is 5.97 Å². The zero-order valence-corrected chi connectivity index (χ0v) is 13.1. The van der Waals surface area contributed by atoms with Gasteiger partial charge in [0.2, 0.25) is 0 Å². The summed E-state index contributed by atoms with van der Waals surface area (Å²) in [7, 11) is -3.23. The van der Waals surface area contributed by atoms with Gasteiger partial charge in [0.15, 0.2) is 9.84 Å². The minimum Gasteiger partial charge on any atom is -0.478 e. The molecule has 1 N–H and O–H groups in total. The predicted molar refractivity (Wildman–Crippen MR) is 81.4 cm³/mol. The average molecular weight is 338 g/mol. The van der Waals surface area contributed by atoms with Crippen LogP contribution in [0.25, 0.3) is 0 Å². The summed E-state index contributed by atoms with van der Waals surface area (Å²) in [5.74, 6) is -2.13. The maximum Gasteiger partial charge on any atom is 0.338 e. The van der Waals surface area contributed by atoms with Gasteiger partial charge in [-0.1, -0.05) is 18.2 Å². The van der Waals surface area contributed by atoms with Crippen molar-refractivity contribution in [3.05, 3.63) is 65.0 Å². The number of halogens is 1. The molecule has 23 heavy (non-hydrogen) atoms. The lowest BCUT2D eigenvalue weighted by Crippen LogP contribution is -2.02. The molecule has 0 fully saturated rings. The molecule has 2 rings (SSSR count). The molecule has 0 radical (unpaired) electrons. The van der Waals surface area contributed by atoms with Gasteiger partial charge in [0.25, 0.3) is 0 Å². The highest BCUT2D eigenvalue weighted by Crippen LogP contribution is 2.14. The highest BCUT2D eigenvalue weighted by molar-refractivity contribution is 7.90. The lowest BCUT2D eigenvalue weighted by Gasteiger charge is -2.06. The molecule has 122 valence electrons. The number of aromatic carboxylic acids is 1. The zero-order valence-electron chi connectivity index (χ0n) is 12.3. The summed E-state index contributed by atoms with van der Waals surface area (Å²) in [6.45, 7) is 0.344. The van der Waals surface area contributed by atoms with Crippen LogP contribution in [-0.2, 0) is 27.8 Å². The molecule has 0 saturated carbocycles. The van der Waals surface area contributed by atoms with Crippen LogP contribution >= 0.6 is 0 Å². The molecule has 0 saturated heterocycles. The molecule has 0 spiro atoms. The number of rotatable bonds is 6. The second-order valence-electron chi connectivity index (χ2n) is 5.03. The van der Waals surface area contributed by atoms with E-state index in [0.717, 1.165) is 17.9 Å². The number of carboxylic acids is 1. The summed E-state index contributed by atoms with van der Waals surface area (Å²) in [6, 6.07) is 10.1. The molecule has 0 aliphatic heterocycles. The zero-order chi connectivity index (χ0) is 17.0. The molecular weight excluding hydrogens is 323 g/mol. The number of carboxylic acid groups (broad SMARTS) is 1. The van der Waals surface area contributed by atoms with E-state index in [1.54, 1.807) is 12.1 Å². The molecular formula is C16H15FO5S. The van der Waals surface area contributed by atoms with E-state index in [2.05, 4.69) is 0 Å². The summed E-state index contributed by atoms with van der Waals surface area (Å²) < 4.78 is 41.6. The first-order chi connectivity index (χ1) is 10.8. The van der Waals surface area contributed by atoms with E-state index in [4.69, 9.17) is 9.84 Å². The van der Waals surface area contributed by atoms with Gasteiger partial charge < -0.3 is 9.84 Å². The second kappa shape index (κ2) is 6.89. The van der Waals surface area contributed by atoms with Crippen LogP contribution in [0, 0.1) is 5.82 Å². The van der Waals surface area contributed by atoms with Crippen LogP contribution in [0.3, 0.4) is 0 Å². The average Bonchev–Trinajstić information content (AvgIpc) is 2.46. The standard InChI is InChI=1S/C16H15FO5S/c1-23(20,21)13-5-2-11(3-6-13)9-22-10-12-4-7-14(16(18)19)15(17)8-12/h2-8H,9-10H2,1H3,(H,18,19). The van der Waals surface area contributed by atoms with Crippen LogP contribution in [0.4, 0.5) is 4.39 Å². The lowest BCUT2D eigenvalue weighted by molar-refractivity contribution is 0.0691. The lowest BCUT2D eigenvalue weighted by atomic mass is 10.1. The molecule has 0 aliphatic rings. The van der Waals surface area contributed by atoms with Gasteiger partial charge in [-0.25, -0.2) is 17.6 Å². The van der Waals surface area contributed by atoms with E-state index in [9.17, 15) is 17.6 Å². The van der Waals surface area contributed by atoms with Crippen LogP contribution in [0.1, 0.15) is 21.5 Å². The molecule has 0 unspecified atom stereocenters. The Balaban J connectivity index is 1.95. The highest BCUT2D eigenvalue weighted by atomic mass is 32.2. The quantitative estimate of drug-likeness (QED) is 0.876. The van der Waals surface area contributed by atoms with Gasteiger partial charge in [0.1, 0.15) is 5.82 Å². The van der Waals surface area contributed by atoms with Gasteiger partial charge in [-0.3, -0.25) is 0 Å². The molecule has 0 atom stereocenters. The minimum absolute atomic E-state index is 0.116. The Morgan fingerprint density at radius 2 is 1.65 bits per heavy atom. The van der Waals surface area contributed by atoms with Crippen molar-refractivity contribution < 1.29 is 27.4 Å². The maximum absolute atomic E-state index is 13.5. The van der Waals surface area contributed by atoms with Gasteiger partial charge in [-0.2, -0.15) is 0 Å². The van der Waals surface area contributed by atoms with E-state index in [0.29, 0.717) is 5.56 Å². The fourth-order valence-electron chi connectivity index (χ4n) is 1.94. The van der Waals surface area contributed by atoms with Gasteiger partial charge in [0, 0.05) is 6.26 Å². The van der Waals surface area contributed by atoms with Crippen LogP contribution in [0.15, 0.2) is 47.4 Å². The van der Waals surface area contributed by atoms with Crippen molar-refractivity contribution in [1.82, 2.24) is 0 Å². The van der Waals surface area contributed by atoms with Crippen LogP contribution < -0.4 is 0 Å². The monoisotopic (exact) mass is 338 g/mol. The molecule has 0 aliphatic carbocycles. The fourth-order valence-corrected chi connectivity index (χ4v) is 2.57. The Labute approximate surface area is 133 Å². The third-order valence-corrected chi connectivity index (χ3v) is 4.28. The summed E-state index contributed by atoms with van der Waals surface area (Å²) >= 11 is 0. The van der Waals surface area contributed by atoms with Gasteiger partial charge in [-0.15, -0.1) is 0 Å². The Bertz CT molecular complexity index is 813. The summed E-state index contributed by atoms with van der Waals surface area (Å²) in [4.78, 5) is 10.9. The molecule has 2 aromatic carbocycles. The molecule has 0 bridgehead atoms. The van der Waals surface area contributed by atoms with Crippen LogP contribution in [-0.4, -0.2) is 25.7 Å². The highest BCUT2D eigenvalue weighted by Gasteiger charge is 2.10. The van der Waals surface area contributed by atoms with Crippen molar-refractivity contribution in [2.45, 2.75) is 18.1 Å². The van der Waals surface area contributed by atoms with Gasteiger partial charge in [0.05, 0.1) is 23.7 Å². The Morgan fingerprint density at radius 1 is 1.09 bits per heavy atom. The molecule has 2 aromatic rings. The number of hydrogen-bond donors (Lipinski definition) is 1. The van der Waals surface area contributed by atoms with E-state index >= 15 is 0 Å². The largest absolute Gasteiger partial charge is 0.478 e. The Morgan fingerprint density at radius 3 is 2.17 bits per heavy atom. The molecule has 0 amide bonds. The number of carbonyl (C=O) groups is 1. The summed E-state index contributed by atoms with van der Waals surface area (Å²) in [5.41, 5.74) is 0.908. The van der Waals surface area contributed by atoms with Crippen molar-refractivity contribution in [1.29, 1.82) is 0 Å². The first kappa shape index (κ1) is 17.1. The number of sulfone groups is 1. The normalized spacial score (nSPS) is 11.4. The molecule has 0 heterocycles. The van der Waals surface area contributed by atoms with E-state index < -0.39 is 21.6 Å². The van der Waals surface area contributed by atoms with E-state index in [1.165, 1.54) is 24.3 Å². The first-order valence-corrected chi connectivity index (χ1v) is 8.55. The molecule has 5 nitrogen and oxygen atoms in total. The number of benzene rings is 2. The third kappa shape index (κ3) is 4.61. The third-order valence-electron chi connectivity index (χ3n) is 3.15. The first-order valence-electron chi connectivity index (χ1n) is 6.66. The molecule has 7 heteroatoms. The van der Waals surface area contributed by atoms with Crippen LogP contribution in [0.5, 0.6) is 0 Å². The predicted octanol–water partition coefficient (Wildman–Crippen LogP) is 2.64. The smallest absolute Gasteiger partial charge is 0.338 e. The Hall–Kier alpha value is -2.25. The SMILES string of the molecule is CS(=O)(=O)c1ccc(COCc2ccc(C(=O)O)c(F)c2)cc1. The van der Waals surface area contributed by atoms with Crippen molar-refractivity contribution >= 4 is 15.8 Å². The van der Waals surface area contributed by atoms with Crippen molar-refractivity contribution in [3.8, 4) is 0 Å². The van der Waals surface area contributed by atoms with Crippen molar-refractivity contribution in [2.24, 2.45) is 0 Å². The Kier molecular flexibility index (Phi) is 5.12. The van der Waals surface area contributed by atoms with Crippen molar-refractivity contribution in [3.63, 3.8) is 0 Å². The fraction of sp³-hybridized carbons (Fsp3) is 0.188. The van der Waals surface area contributed by atoms with E-state index in [1.807, 2.05) is 0 Å². The maximum atomic E-state index is 13.5. The van der Waals surface area contributed by atoms with Gasteiger partial charge in [-0.05, 0) is 35.4 Å². The summed E-state index contributed by atoms with van der Waals surface area (Å²) in [6.07, 6.45) is 1.13. The van der Waals surface area contributed by atoms with Crippen LogP contribution in [0.2, 0.25) is 0 Å². The number of hydrogen-bond acceptors (Lipinski definition) is 4. The second-order valence-corrected chi connectivity index (χ2v) is 7.04.